The largest absolute Gasteiger partial charge is 0.550 e. The Morgan fingerprint density at radius 3 is 2.57 bits per heavy atom. The lowest BCUT2D eigenvalue weighted by atomic mass is 9.98. The quantitative estimate of drug-likeness (QED) is 0.421. The normalized spacial score (nSPS) is 11.5. The van der Waals surface area contributed by atoms with Gasteiger partial charge < -0.3 is 18.7 Å². The molecule has 148 valence electrons. The smallest absolute Gasteiger partial charge is 0.339 e. The second kappa shape index (κ2) is 6.88. The molecule has 2 heterocycles. The van der Waals surface area contributed by atoms with Gasteiger partial charge in [0, 0.05) is 33.9 Å². The van der Waals surface area contributed by atoms with E-state index in [-0.39, 0.29) is 12.8 Å². The molecule has 5 heteroatoms. The predicted octanol–water partition coefficient (Wildman–Crippen LogP) is 4.35. The summed E-state index contributed by atoms with van der Waals surface area (Å²) in [7, 11) is 0. The number of carbonyl (C=O) groups excluding carboxylic acids is 1. The highest BCUT2D eigenvalue weighted by molar-refractivity contribution is 6.03. The minimum absolute atomic E-state index is 0.0768. The first-order valence-electron chi connectivity index (χ1n) is 9.68. The Kier molecular flexibility index (Phi) is 4.17. The average molecular weight is 397 g/mol. The van der Waals surface area contributed by atoms with Crippen LogP contribution in [0.5, 0.6) is 0 Å². The third-order valence-corrected chi connectivity index (χ3v) is 5.62. The molecule has 30 heavy (non-hydrogen) atoms. The molecule has 0 amide bonds. The topological polar surface area (TPSA) is 83.5 Å². The predicted molar refractivity (Wildman–Crippen MR) is 113 cm³/mol. The van der Waals surface area contributed by atoms with E-state index in [1.807, 2.05) is 25.1 Å². The molecule has 0 fully saturated rings. The first-order valence-corrected chi connectivity index (χ1v) is 9.68. The molecule has 3 aromatic carbocycles. The van der Waals surface area contributed by atoms with Crippen LogP contribution in [-0.4, -0.2) is 5.97 Å². The van der Waals surface area contributed by atoms with Crippen LogP contribution in [0.2, 0.25) is 0 Å². The molecule has 5 rings (SSSR count). The van der Waals surface area contributed by atoms with Crippen LogP contribution in [0.1, 0.15) is 17.5 Å². The Hall–Kier alpha value is -3.86. The van der Waals surface area contributed by atoms with Crippen molar-refractivity contribution in [1.82, 2.24) is 0 Å². The fraction of sp³-hybridized carbons (Fsp3) is 0.120. The van der Waals surface area contributed by atoms with Crippen molar-refractivity contribution < 1.29 is 18.7 Å². The molecule has 0 atom stereocenters. The van der Waals surface area contributed by atoms with Gasteiger partial charge in [0.05, 0.1) is 6.26 Å². The van der Waals surface area contributed by atoms with Gasteiger partial charge >= 0.3 is 5.63 Å². The minimum Gasteiger partial charge on any atom is -0.550 e. The zero-order valence-electron chi connectivity index (χ0n) is 16.2. The monoisotopic (exact) mass is 397 g/mol. The molecule has 0 aliphatic heterocycles. The maximum absolute atomic E-state index is 12.3. The van der Waals surface area contributed by atoms with E-state index >= 15 is 0 Å². The van der Waals surface area contributed by atoms with E-state index in [1.165, 1.54) is 0 Å². The number of fused-ring (bicyclic) bond motifs is 3. The molecule has 0 spiro atoms. The fourth-order valence-corrected chi connectivity index (χ4v) is 4.01. The molecule has 5 nitrogen and oxygen atoms in total. The summed E-state index contributed by atoms with van der Waals surface area (Å²) >= 11 is 0. The van der Waals surface area contributed by atoms with Gasteiger partial charge in [-0.05, 0) is 53.8 Å². The van der Waals surface area contributed by atoms with E-state index in [2.05, 4.69) is 30.3 Å². The van der Waals surface area contributed by atoms with E-state index in [0.717, 1.165) is 38.2 Å². The van der Waals surface area contributed by atoms with E-state index < -0.39 is 11.6 Å². The molecule has 0 unspecified atom stereocenters. The maximum Gasteiger partial charge on any atom is 0.339 e. The third kappa shape index (κ3) is 2.95. The van der Waals surface area contributed by atoms with E-state index in [9.17, 15) is 14.7 Å². The Labute approximate surface area is 171 Å². The summed E-state index contributed by atoms with van der Waals surface area (Å²) in [6.07, 6.45) is 1.55. The molecule has 2 aromatic heterocycles. The lowest BCUT2D eigenvalue weighted by Crippen LogP contribution is -2.24. The minimum atomic E-state index is -1.20. The third-order valence-electron chi connectivity index (χ3n) is 5.62. The van der Waals surface area contributed by atoms with Gasteiger partial charge in [-0.1, -0.05) is 36.4 Å². The molecule has 5 aromatic rings. The van der Waals surface area contributed by atoms with Crippen molar-refractivity contribution in [1.29, 1.82) is 0 Å². The Morgan fingerprint density at radius 2 is 1.77 bits per heavy atom. The lowest BCUT2D eigenvalue weighted by molar-refractivity contribution is -0.305. The standard InChI is InChI=1S/C25H18O5/c1-14-18(8-9-24(26)27)25(28)30-23-12-22-20(11-19(14)23)21(13-29-22)17-7-6-15-4-2-3-5-16(15)10-17/h2-7,10-13H,8-9H2,1H3,(H,26,27)/p-1. The summed E-state index contributed by atoms with van der Waals surface area (Å²) < 4.78 is 11.2. The van der Waals surface area contributed by atoms with Crippen molar-refractivity contribution in [3.05, 3.63) is 82.4 Å². The van der Waals surface area contributed by atoms with Crippen LogP contribution >= 0.6 is 0 Å². The second-order valence-corrected chi connectivity index (χ2v) is 7.42. The van der Waals surface area contributed by atoms with Crippen LogP contribution in [0.3, 0.4) is 0 Å². The van der Waals surface area contributed by atoms with Crippen molar-refractivity contribution in [2.45, 2.75) is 19.8 Å². The van der Waals surface area contributed by atoms with Gasteiger partial charge in [-0.15, -0.1) is 0 Å². The summed E-state index contributed by atoms with van der Waals surface area (Å²) in [4.78, 5) is 23.2. The Bertz CT molecular complexity index is 1500. The second-order valence-electron chi connectivity index (χ2n) is 7.42. The highest BCUT2D eigenvalue weighted by Gasteiger charge is 2.16. The number of benzene rings is 3. The highest BCUT2D eigenvalue weighted by atomic mass is 16.4. The summed E-state index contributed by atoms with van der Waals surface area (Å²) in [6, 6.07) is 18.1. The summed E-state index contributed by atoms with van der Waals surface area (Å²) in [5, 5.41) is 14.8. The van der Waals surface area contributed by atoms with Gasteiger partial charge in [-0.25, -0.2) is 4.79 Å². The van der Waals surface area contributed by atoms with Crippen molar-refractivity contribution in [2.75, 3.05) is 0 Å². The van der Waals surface area contributed by atoms with Crippen molar-refractivity contribution in [3.8, 4) is 11.1 Å². The number of aliphatic carboxylic acids is 1. The number of aryl methyl sites for hydroxylation is 1. The van der Waals surface area contributed by atoms with Crippen LogP contribution in [0.25, 0.3) is 43.8 Å². The fourth-order valence-electron chi connectivity index (χ4n) is 4.01. The molecule has 0 aliphatic rings. The summed E-state index contributed by atoms with van der Waals surface area (Å²) in [5.74, 6) is -1.20. The molecule has 0 radical (unpaired) electrons. The number of carboxylic acid groups (broad SMARTS) is 1. The number of hydrogen-bond donors (Lipinski definition) is 0. The van der Waals surface area contributed by atoms with E-state index in [0.29, 0.717) is 16.7 Å². The zero-order valence-corrected chi connectivity index (χ0v) is 16.2. The van der Waals surface area contributed by atoms with Crippen LogP contribution < -0.4 is 10.7 Å². The van der Waals surface area contributed by atoms with Gasteiger partial charge in [-0.3, -0.25) is 0 Å². The van der Waals surface area contributed by atoms with Gasteiger partial charge in [0.15, 0.2) is 0 Å². The van der Waals surface area contributed by atoms with Crippen LogP contribution in [0.4, 0.5) is 0 Å². The van der Waals surface area contributed by atoms with Crippen molar-refractivity contribution >= 4 is 38.7 Å². The Balaban J connectivity index is 1.71. The number of carbonyl (C=O) groups is 1. The molecule has 0 saturated carbocycles. The van der Waals surface area contributed by atoms with E-state index in [4.69, 9.17) is 8.83 Å². The van der Waals surface area contributed by atoms with Crippen LogP contribution in [-0.2, 0) is 11.2 Å². The van der Waals surface area contributed by atoms with Crippen LogP contribution in [0.15, 0.2) is 74.5 Å². The maximum atomic E-state index is 12.3. The first-order chi connectivity index (χ1) is 14.5. The average Bonchev–Trinajstić information content (AvgIpc) is 3.14. The Morgan fingerprint density at radius 1 is 0.967 bits per heavy atom. The summed E-state index contributed by atoms with van der Waals surface area (Å²) in [5.41, 5.74) is 3.56. The molecule has 0 bridgehead atoms. The van der Waals surface area contributed by atoms with Gasteiger partial charge in [0.25, 0.3) is 0 Å². The highest BCUT2D eigenvalue weighted by Crippen LogP contribution is 2.35. The van der Waals surface area contributed by atoms with Crippen molar-refractivity contribution in [3.63, 3.8) is 0 Å². The number of carboxylic acids is 1. The zero-order chi connectivity index (χ0) is 20.8. The number of hydrogen-bond acceptors (Lipinski definition) is 5. The first kappa shape index (κ1) is 18.2. The SMILES string of the molecule is Cc1c(CCC(=O)[O-])c(=O)oc2cc3occ(-c4ccc5ccccc5c4)c3cc12. The van der Waals surface area contributed by atoms with Gasteiger partial charge in [-0.2, -0.15) is 0 Å². The number of rotatable bonds is 4. The lowest BCUT2D eigenvalue weighted by Gasteiger charge is -2.09. The molecule has 0 saturated heterocycles. The molecular formula is C25H17O5-. The molecule has 0 aliphatic carbocycles. The van der Waals surface area contributed by atoms with Gasteiger partial charge in [0.1, 0.15) is 11.2 Å². The van der Waals surface area contributed by atoms with Gasteiger partial charge in [0.2, 0.25) is 0 Å². The summed E-state index contributed by atoms with van der Waals surface area (Å²) in [6.45, 7) is 1.81. The molecule has 0 N–H and O–H groups in total. The van der Waals surface area contributed by atoms with E-state index in [1.54, 1.807) is 12.3 Å². The molecular weight excluding hydrogens is 380 g/mol. The number of furan rings is 1. The van der Waals surface area contributed by atoms with Crippen molar-refractivity contribution in [2.24, 2.45) is 0 Å². The van der Waals surface area contributed by atoms with Crippen LogP contribution in [0, 0.1) is 6.92 Å².